The summed E-state index contributed by atoms with van der Waals surface area (Å²) in [5.74, 6) is 3.22. The van der Waals surface area contributed by atoms with Crippen molar-refractivity contribution in [3.05, 3.63) is 64.2 Å². The maximum Gasteiger partial charge on any atom is 0.118 e. The first kappa shape index (κ1) is 22.1. The number of hydrogen-bond acceptors (Lipinski definition) is 1. The summed E-state index contributed by atoms with van der Waals surface area (Å²) in [5, 5.41) is 10.4. The lowest BCUT2D eigenvalue weighted by Crippen LogP contribution is -2.48. The Labute approximate surface area is 195 Å². The fourth-order valence-electron chi connectivity index (χ4n) is 8.06. The van der Waals surface area contributed by atoms with Crippen molar-refractivity contribution < 1.29 is 5.11 Å². The molecule has 0 heterocycles. The molecule has 1 heteroatoms. The number of benzene rings is 2. The van der Waals surface area contributed by atoms with Crippen LogP contribution in [-0.4, -0.2) is 5.11 Å². The summed E-state index contributed by atoms with van der Waals surface area (Å²) in [6, 6.07) is 14.0. The molecule has 172 valence electrons. The van der Waals surface area contributed by atoms with Crippen molar-refractivity contribution in [1.29, 1.82) is 0 Å². The lowest BCUT2D eigenvalue weighted by molar-refractivity contribution is -0.0207. The third-order valence-corrected chi connectivity index (χ3v) is 10.4. The van der Waals surface area contributed by atoms with Gasteiger partial charge in [0.25, 0.3) is 0 Å². The first-order valence-electron chi connectivity index (χ1n) is 13.2. The van der Waals surface area contributed by atoms with Crippen LogP contribution in [-0.2, 0) is 12.8 Å². The van der Waals surface area contributed by atoms with Crippen molar-refractivity contribution in [2.75, 3.05) is 0 Å². The summed E-state index contributed by atoms with van der Waals surface area (Å²) in [6.45, 7) is 12.1. The zero-order valence-corrected chi connectivity index (χ0v) is 20.9. The van der Waals surface area contributed by atoms with E-state index in [9.17, 15) is 5.11 Å². The van der Waals surface area contributed by atoms with E-state index in [0.29, 0.717) is 28.4 Å². The molecule has 2 saturated carbocycles. The minimum Gasteiger partial charge on any atom is -0.508 e. The second-order valence-corrected chi connectivity index (χ2v) is 12.1. The summed E-state index contributed by atoms with van der Waals surface area (Å²) in [4.78, 5) is 0. The molecule has 3 unspecified atom stereocenters. The average Bonchev–Trinajstić information content (AvgIpc) is 3.03. The predicted molar refractivity (Wildman–Crippen MR) is 134 cm³/mol. The van der Waals surface area contributed by atoms with Gasteiger partial charge in [0.1, 0.15) is 5.75 Å². The van der Waals surface area contributed by atoms with E-state index in [1.807, 2.05) is 6.07 Å². The van der Waals surface area contributed by atoms with E-state index in [-0.39, 0.29) is 0 Å². The highest BCUT2D eigenvalue weighted by atomic mass is 16.3. The van der Waals surface area contributed by atoms with E-state index < -0.39 is 0 Å². The summed E-state index contributed by atoms with van der Waals surface area (Å²) < 4.78 is 0. The normalized spacial score (nSPS) is 32.8. The van der Waals surface area contributed by atoms with Crippen LogP contribution in [0.25, 0.3) is 0 Å². The van der Waals surface area contributed by atoms with Crippen LogP contribution in [0.15, 0.2) is 36.4 Å². The zero-order valence-electron chi connectivity index (χ0n) is 20.9. The maximum absolute atomic E-state index is 10.4. The minimum absolute atomic E-state index is 0.406. The van der Waals surface area contributed by atoms with E-state index in [0.717, 1.165) is 23.8 Å². The number of rotatable bonds is 4. The van der Waals surface area contributed by atoms with Gasteiger partial charge in [-0.15, -0.1) is 0 Å². The SMILES string of the molecule is CCCCc1ccc([C@H]2C[C@@]3(C)C(CCC3(C)C)C3CCc4c(ccc(O)c4C)C32)cc1. The molecule has 5 atom stereocenters. The molecule has 0 saturated heterocycles. The largest absolute Gasteiger partial charge is 0.508 e. The Morgan fingerprint density at radius 2 is 1.75 bits per heavy atom. The third kappa shape index (κ3) is 3.25. The molecule has 0 amide bonds. The van der Waals surface area contributed by atoms with Crippen LogP contribution in [0.1, 0.15) is 106 Å². The molecular formula is C31H42O. The Bertz CT molecular complexity index is 984. The first-order valence-corrected chi connectivity index (χ1v) is 13.2. The van der Waals surface area contributed by atoms with E-state index >= 15 is 0 Å². The molecule has 3 aliphatic carbocycles. The molecule has 3 aliphatic rings. The lowest BCUT2D eigenvalue weighted by atomic mass is 9.47. The lowest BCUT2D eigenvalue weighted by Gasteiger charge is -2.57. The molecule has 0 spiro atoms. The van der Waals surface area contributed by atoms with Gasteiger partial charge in [-0.3, -0.25) is 0 Å². The van der Waals surface area contributed by atoms with Gasteiger partial charge in [-0.05, 0) is 120 Å². The van der Waals surface area contributed by atoms with Crippen molar-refractivity contribution in [2.24, 2.45) is 22.7 Å². The van der Waals surface area contributed by atoms with Gasteiger partial charge in [-0.25, -0.2) is 0 Å². The van der Waals surface area contributed by atoms with E-state index in [4.69, 9.17) is 0 Å². The highest BCUT2D eigenvalue weighted by Crippen LogP contribution is 2.70. The summed E-state index contributed by atoms with van der Waals surface area (Å²) in [5.41, 5.74) is 7.95. The van der Waals surface area contributed by atoms with Gasteiger partial charge in [-0.2, -0.15) is 0 Å². The monoisotopic (exact) mass is 430 g/mol. The zero-order chi connectivity index (χ0) is 22.7. The predicted octanol–water partition coefficient (Wildman–Crippen LogP) is 8.32. The second-order valence-electron chi connectivity index (χ2n) is 12.1. The van der Waals surface area contributed by atoms with Crippen LogP contribution >= 0.6 is 0 Å². The van der Waals surface area contributed by atoms with Gasteiger partial charge >= 0.3 is 0 Å². The Morgan fingerprint density at radius 3 is 2.47 bits per heavy atom. The number of phenolic OH excluding ortho intramolecular Hbond substituents is 1. The van der Waals surface area contributed by atoms with Crippen molar-refractivity contribution in [3.8, 4) is 5.75 Å². The van der Waals surface area contributed by atoms with Crippen LogP contribution in [0.2, 0.25) is 0 Å². The number of fused-ring (bicyclic) bond motifs is 5. The number of aryl methyl sites for hydroxylation is 1. The Balaban J connectivity index is 1.60. The molecular weight excluding hydrogens is 388 g/mol. The molecule has 1 N–H and O–H groups in total. The molecule has 32 heavy (non-hydrogen) atoms. The van der Waals surface area contributed by atoms with Gasteiger partial charge < -0.3 is 5.11 Å². The van der Waals surface area contributed by atoms with Gasteiger partial charge in [-0.1, -0.05) is 64.4 Å². The quantitative estimate of drug-likeness (QED) is 0.517. The molecule has 0 aromatic heterocycles. The highest BCUT2D eigenvalue weighted by molar-refractivity contribution is 5.49. The summed E-state index contributed by atoms with van der Waals surface area (Å²) in [7, 11) is 0. The third-order valence-electron chi connectivity index (χ3n) is 10.4. The van der Waals surface area contributed by atoms with Crippen LogP contribution in [0, 0.1) is 29.6 Å². The molecule has 2 aromatic rings. The van der Waals surface area contributed by atoms with Crippen molar-refractivity contribution in [1.82, 2.24) is 0 Å². The van der Waals surface area contributed by atoms with Gasteiger partial charge in [0.05, 0.1) is 0 Å². The van der Waals surface area contributed by atoms with Crippen molar-refractivity contribution in [2.45, 2.75) is 97.8 Å². The van der Waals surface area contributed by atoms with Crippen molar-refractivity contribution >= 4 is 0 Å². The Kier molecular flexibility index (Phi) is 5.46. The van der Waals surface area contributed by atoms with Crippen LogP contribution < -0.4 is 0 Å². The maximum atomic E-state index is 10.4. The molecule has 0 bridgehead atoms. The highest BCUT2D eigenvalue weighted by Gasteiger charge is 2.60. The first-order chi connectivity index (χ1) is 15.3. The van der Waals surface area contributed by atoms with Crippen LogP contribution in [0.4, 0.5) is 0 Å². The molecule has 5 rings (SSSR count). The van der Waals surface area contributed by atoms with E-state index in [1.165, 1.54) is 56.1 Å². The van der Waals surface area contributed by atoms with Gasteiger partial charge in [0.2, 0.25) is 0 Å². The second kappa shape index (κ2) is 7.93. The fraction of sp³-hybridized carbons (Fsp3) is 0.613. The topological polar surface area (TPSA) is 20.2 Å². The fourth-order valence-corrected chi connectivity index (χ4v) is 8.06. The summed E-state index contributed by atoms with van der Waals surface area (Å²) >= 11 is 0. The number of hydrogen-bond donors (Lipinski definition) is 1. The molecule has 0 radical (unpaired) electrons. The minimum atomic E-state index is 0.406. The van der Waals surface area contributed by atoms with Crippen LogP contribution in [0.5, 0.6) is 5.75 Å². The Morgan fingerprint density at radius 1 is 1.00 bits per heavy atom. The number of unbranched alkanes of at least 4 members (excludes halogenated alkanes) is 1. The standard InChI is InChI=1S/C31H42O/c1-6-7-8-21-9-11-22(12-10-21)26-19-31(5)27(17-18-30(31,3)4)25-14-13-23-20(2)28(32)16-15-24(23)29(25)26/h9-12,15-16,25-27,29,32H,6-8,13-14,17-19H2,1-5H3/t25?,26-,27?,29?,31+/m1/s1. The van der Waals surface area contributed by atoms with E-state index in [2.05, 4.69) is 65.0 Å². The smallest absolute Gasteiger partial charge is 0.118 e. The average molecular weight is 431 g/mol. The van der Waals surface area contributed by atoms with Crippen molar-refractivity contribution in [3.63, 3.8) is 0 Å². The van der Waals surface area contributed by atoms with Gasteiger partial charge in [0, 0.05) is 0 Å². The molecule has 2 fully saturated rings. The van der Waals surface area contributed by atoms with Gasteiger partial charge in [0.15, 0.2) is 0 Å². The molecule has 1 nitrogen and oxygen atoms in total. The number of aromatic hydroxyl groups is 1. The number of phenols is 1. The van der Waals surface area contributed by atoms with E-state index in [1.54, 1.807) is 11.1 Å². The Hall–Kier alpha value is -1.76. The molecule has 2 aromatic carbocycles. The summed E-state index contributed by atoms with van der Waals surface area (Å²) in [6.07, 6.45) is 10.2. The van der Waals surface area contributed by atoms with Crippen LogP contribution in [0.3, 0.4) is 0 Å². The molecule has 0 aliphatic heterocycles.